The van der Waals surface area contributed by atoms with Crippen LogP contribution in [0.3, 0.4) is 0 Å². The average Bonchev–Trinajstić information content (AvgIpc) is 2.61. The molecule has 1 aliphatic rings. The molecule has 0 radical (unpaired) electrons. The normalized spacial score (nSPS) is 27.6. The summed E-state index contributed by atoms with van der Waals surface area (Å²) in [5.74, 6) is 0.591. The van der Waals surface area contributed by atoms with Crippen molar-refractivity contribution in [1.29, 1.82) is 0 Å². The predicted molar refractivity (Wildman–Crippen MR) is 47.9 cm³/mol. The summed E-state index contributed by atoms with van der Waals surface area (Å²) >= 11 is 0. The number of aryl methyl sites for hydroxylation is 2. The predicted octanol–water partition coefficient (Wildman–Crippen LogP) is 0.797. The van der Waals surface area contributed by atoms with E-state index in [-0.39, 0.29) is 0 Å². The van der Waals surface area contributed by atoms with Gasteiger partial charge in [0, 0.05) is 25.2 Å². The van der Waals surface area contributed by atoms with Crippen LogP contribution in [-0.4, -0.2) is 15.8 Å². The number of hydrogen-bond acceptors (Lipinski definition) is 2. The fourth-order valence-electron chi connectivity index (χ4n) is 1.71. The maximum Gasteiger partial charge on any atom is 0.0657 e. The van der Waals surface area contributed by atoms with Gasteiger partial charge in [-0.1, -0.05) is 6.92 Å². The summed E-state index contributed by atoms with van der Waals surface area (Å²) in [7, 11) is 1.97. The average molecular weight is 165 g/mol. The molecule has 3 heteroatoms. The number of aromatic nitrogens is 2. The van der Waals surface area contributed by atoms with Crippen LogP contribution in [-0.2, 0) is 13.5 Å². The molecule has 1 fully saturated rings. The van der Waals surface area contributed by atoms with Gasteiger partial charge in [0.2, 0.25) is 0 Å². The number of nitrogens with two attached hydrogens (primary N) is 1. The van der Waals surface area contributed by atoms with Crippen molar-refractivity contribution in [2.24, 2.45) is 12.8 Å². The van der Waals surface area contributed by atoms with Gasteiger partial charge in [-0.3, -0.25) is 4.68 Å². The molecule has 0 aliphatic heterocycles. The highest BCUT2D eigenvalue weighted by molar-refractivity contribution is 5.29. The lowest BCUT2D eigenvalue weighted by atomic mass is 10.1. The van der Waals surface area contributed by atoms with Gasteiger partial charge in [-0.05, 0) is 18.4 Å². The van der Waals surface area contributed by atoms with Crippen LogP contribution in [0.25, 0.3) is 0 Å². The summed E-state index contributed by atoms with van der Waals surface area (Å²) in [6.07, 6.45) is 4.26. The minimum Gasteiger partial charge on any atom is -0.327 e. The van der Waals surface area contributed by atoms with E-state index in [1.165, 1.54) is 11.3 Å². The molecule has 2 rings (SSSR count). The Labute approximate surface area is 72.6 Å². The summed E-state index contributed by atoms with van der Waals surface area (Å²) in [6.45, 7) is 2.14. The topological polar surface area (TPSA) is 43.8 Å². The van der Waals surface area contributed by atoms with E-state index in [4.69, 9.17) is 5.73 Å². The quantitative estimate of drug-likeness (QED) is 0.704. The molecule has 1 aromatic heterocycles. The van der Waals surface area contributed by atoms with Crippen LogP contribution in [0.5, 0.6) is 0 Å². The fourth-order valence-corrected chi connectivity index (χ4v) is 1.71. The molecular formula is C9H15N3. The van der Waals surface area contributed by atoms with Gasteiger partial charge in [0.05, 0.1) is 5.69 Å². The molecular weight excluding hydrogens is 150 g/mol. The first-order chi connectivity index (χ1) is 5.72. The highest BCUT2D eigenvalue weighted by atomic mass is 15.3. The Kier molecular flexibility index (Phi) is 1.68. The monoisotopic (exact) mass is 165 g/mol. The minimum atomic E-state index is 0.388. The second kappa shape index (κ2) is 2.59. The van der Waals surface area contributed by atoms with E-state index in [2.05, 4.69) is 18.2 Å². The molecule has 1 aromatic rings. The third kappa shape index (κ3) is 1.14. The van der Waals surface area contributed by atoms with E-state index in [1.807, 2.05) is 11.7 Å². The van der Waals surface area contributed by atoms with Crippen LogP contribution < -0.4 is 5.73 Å². The standard InChI is InChI=1S/C9H15N3/c1-3-9-7(5-12(2)11-9)6-4-8(6)10/h5-6,8H,3-4,10H2,1-2H3. The van der Waals surface area contributed by atoms with Crippen LogP contribution in [0, 0.1) is 0 Å². The molecule has 0 bridgehead atoms. The van der Waals surface area contributed by atoms with Gasteiger partial charge in [0.15, 0.2) is 0 Å². The Morgan fingerprint density at radius 2 is 2.42 bits per heavy atom. The zero-order valence-corrected chi connectivity index (χ0v) is 7.62. The lowest BCUT2D eigenvalue weighted by molar-refractivity contribution is 0.746. The zero-order chi connectivity index (χ0) is 8.72. The van der Waals surface area contributed by atoms with E-state index in [9.17, 15) is 0 Å². The van der Waals surface area contributed by atoms with Crippen LogP contribution in [0.1, 0.15) is 30.5 Å². The first-order valence-electron chi connectivity index (χ1n) is 4.50. The van der Waals surface area contributed by atoms with Crippen molar-refractivity contribution in [1.82, 2.24) is 9.78 Å². The largest absolute Gasteiger partial charge is 0.327 e. The first kappa shape index (κ1) is 7.80. The number of nitrogens with zero attached hydrogens (tertiary/aromatic N) is 2. The van der Waals surface area contributed by atoms with Crippen molar-refractivity contribution >= 4 is 0 Å². The van der Waals surface area contributed by atoms with Crippen molar-refractivity contribution in [3.8, 4) is 0 Å². The van der Waals surface area contributed by atoms with Gasteiger partial charge >= 0.3 is 0 Å². The second-order valence-corrected chi connectivity index (χ2v) is 3.56. The smallest absolute Gasteiger partial charge is 0.0657 e. The Morgan fingerprint density at radius 1 is 1.75 bits per heavy atom. The zero-order valence-electron chi connectivity index (χ0n) is 7.62. The molecule has 1 aliphatic carbocycles. The van der Waals surface area contributed by atoms with Crippen LogP contribution in [0.2, 0.25) is 0 Å². The molecule has 0 spiro atoms. The molecule has 0 aromatic carbocycles. The van der Waals surface area contributed by atoms with E-state index < -0.39 is 0 Å². The van der Waals surface area contributed by atoms with E-state index in [0.29, 0.717) is 12.0 Å². The van der Waals surface area contributed by atoms with Gasteiger partial charge in [-0.2, -0.15) is 5.10 Å². The number of rotatable bonds is 2. The maximum atomic E-state index is 5.79. The van der Waals surface area contributed by atoms with Gasteiger partial charge in [-0.15, -0.1) is 0 Å². The Morgan fingerprint density at radius 3 is 2.92 bits per heavy atom. The molecule has 2 atom stereocenters. The Balaban J connectivity index is 2.29. The molecule has 2 N–H and O–H groups in total. The van der Waals surface area contributed by atoms with Crippen molar-refractivity contribution in [2.75, 3.05) is 0 Å². The summed E-state index contributed by atoms with van der Waals surface area (Å²) in [5.41, 5.74) is 8.38. The van der Waals surface area contributed by atoms with E-state index in [1.54, 1.807) is 0 Å². The number of hydrogen-bond donors (Lipinski definition) is 1. The minimum absolute atomic E-state index is 0.388. The molecule has 2 unspecified atom stereocenters. The van der Waals surface area contributed by atoms with Crippen molar-refractivity contribution in [3.63, 3.8) is 0 Å². The van der Waals surface area contributed by atoms with Crippen LogP contribution in [0.15, 0.2) is 6.20 Å². The molecule has 1 heterocycles. The van der Waals surface area contributed by atoms with Gasteiger partial charge < -0.3 is 5.73 Å². The van der Waals surface area contributed by atoms with Crippen molar-refractivity contribution < 1.29 is 0 Å². The SMILES string of the molecule is CCc1nn(C)cc1C1CC1N. The molecule has 66 valence electrons. The van der Waals surface area contributed by atoms with Crippen molar-refractivity contribution in [3.05, 3.63) is 17.5 Å². The lowest BCUT2D eigenvalue weighted by Gasteiger charge is -1.94. The summed E-state index contributed by atoms with van der Waals surface area (Å²) in [5, 5.41) is 4.39. The Bertz CT molecular complexity index is 290. The second-order valence-electron chi connectivity index (χ2n) is 3.56. The first-order valence-corrected chi connectivity index (χ1v) is 4.50. The van der Waals surface area contributed by atoms with E-state index in [0.717, 1.165) is 12.8 Å². The highest BCUT2D eigenvalue weighted by Crippen LogP contribution is 2.40. The lowest BCUT2D eigenvalue weighted by Crippen LogP contribution is -2.01. The molecule has 0 amide bonds. The summed E-state index contributed by atoms with van der Waals surface area (Å²) < 4.78 is 1.89. The van der Waals surface area contributed by atoms with Gasteiger partial charge in [-0.25, -0.2) is 0 Å². The molecule has 0 saturated heterocycles. The molecule has 3 nitrogen and oxygen atoms in total. The summed E-state index contributed by atoms with van der Waals surface area (Å²) in [6, 6.07) is 0.388. The van der Waals surface area contributed by atoms with Gasteiger partial charge in [0.1, 0.15) is 0 Å². The van der Waals surface area contributed by atoms with Crippen LogP contribution in [0.4, 0.5) is 0 Å². The molecule has 1 saturated carbocycles. The molecule has 12 heavy (non-hydrogen) atoms. The fraction of sp³-hybridized carbons (Fsp3) is 0.667. The maximum absolute atomic E-state index is 5.79. The highest BCUT2D eigenvalue weighted by Gasteiger charge is 2.37. The third-order valence-corrected chi connectivity index (χ3v) is 2.51. The van der Waals surface area contributed by atoms with Gasteiger partial charge in [0.25, 0.3) is 0 Å². The Hall–Kier alpha value is -0.830. The van der Waals surface area contributed by atoms with Crippen LogP contribution >= 0.6 is 0 Å². The third-order valence-electron chi connectivity index (χ3n) is 2.51. The summed E-state index contributed by atoms with van der Waals surface area (Å²) in [4.78, 5) is 0. The van der Waals surface area contributed by atoms with Crippen molar-refractivity contribution in [2.45, 2.75) is 31.7 Å². The van der Waals surface area contributed by atoms with E-state index >= 15 is 0 Å².